The molecule has 2 rings (SSSR count). The van der Waals surface area contributed by atoms with Crippen molar-refractivity contribution in [1.29, 1.82) is 0 Å². The molecule has 0 fully saturated rings. The van der Waals surface area contributed by atoms with E-state index in [4.69, 9.17) is 5.11 Å². The largest absolute Gasteiger partial charge is 0.481 e. The molecule has 7 heteroatoms. The predicted molar refractivity (Wildman–Crippen MR) is 76.1 cm³/mol. The van der Waals surface area contributed by atoms with E-state index in [1.54, 1.807) is 31.2 Å². The van der Waals surface area contributed by atoms with Crippen LogP contribution in [-0.4, -0.2) is 33.7 Å². The summed E-state index contributed by atoms with van der Waals surface area (Å²) in [6.45, 7) is 1.80. The highest BCUT2D eigenvalue weighted by Gasteiger charge is 2.15. The summed E-state index contributed by atoms with van der Waals surface area (Å²) in [5.41, 5.74) is -0.241. The minimum Gasteiger partial charge on any atom is -0.481 e. The van der Waals surface area contributed by atoms with Gasteiger partial charge in [-0.1, -0.05) is 25.1 Å². The Bertz CT molecular complexity index is 738. The molecule has 0 saturated carbocycles. The van der Waals surface area contributed by atoms with E-state index in [-0.39, 0.29) is 17.8 Å². The maximum absolute atomic E-state index is 12.1. The summed E-state index contributed by atoms with van der Waals surface area (Å²) in [5.74, 6) is -1.89. The highest BCUT2D eigenvalue weighted by atomic mass is 16.4. The zero-order valence-electron chi connectivity index (χ0n) is 11.4. The number of nitrogens with zero attached hydrogens (tertiary/aromatic N) is 1. The zero-order valence-corrected chi connectivity index (χ0v) is 11.4. The SMILES string of the molecule is CC(CCNC(=O)c1n[nH]c(=O)c2ccccc12)C(=O)O. The van der Waals surface area contributed by atoms with Gasteiger partial charge in [0, 0.05) is 11.9 Å². The first kappa shape index (κ1) is 14.7. The second kappa shape index (κ2) is 6.17. The Morgan fingerprint density at radius 2 is 2.00 bits per heavy atom. The molecule has 7 nitrogen and oxygen atoms in total. The highest BCUT2D eigenvalue weighted by Crippen LogP contribution is 2.12. The fourth-order valence-corrected chi connectivity index (χ4v) is 1.90. The first-order chi connectivity index (χ1) is 10.0. The number of nitrogens with one attached hydrogen (secondary N) is 2. The lowest BCUT2D eigenvalue weighted by atomic mass is 10.1. The molecule has 2 aromatic rings. The van der Waals surface area contributed by atoms with Gasteiger partial charge in [0.2, 0.25) is 0 Å². The number of carbonyl (C=O) groups excluding carboxylic acids is 1. The number of hydrogen-bond acceptors (Lipinski definition) is 4. The van der Waals surface area contributed by atoms with E-state index in [0.29, 0.717) is 17.2 Å². The van der Waals surface area contributed by atoms with Gasteiger partial charge in [-0.2, -0.15) is 5.10 Å². The van der Waals surface area contributed by atoms with Crippen molar-refractivity contribution < 1.29 is 14.7 Å². The molecule has 110 valence electrons. The first-order valence-corrected chi connectivity index (χ1v) is 6.49. The van der Waals surface area contributed by atoms with Crippen LogP contribution in [-0.2, 0) is 4.79 Å². The fourth-order valence-electron chi connectivity index (χ4n) is 1.90. The second-order valence-electron chi connectivity index (χ2n) is 4.73. The van der Waals surface area contributed by atoms with Crippen molar-refractivity contribution in [3.05, 3.63) is 40.3 Å². The van der Waals surface area contributed by atoms with Gasteiger partial charge in [0.25, 0.3) is 11.5 Å². The third kappa shape index (κ3) is 3.25. The predicted octanol–water partition coefficient (Wildman–Crippen LogP) is 0.764. The van der Waals surface area contributed by atoms with Crippen LogP contribution in [0.3, 0.4) is 0 Å². The Balaban J connectivity index is 2.15. The number of aromatic amines is 1. The fraction of sp³-hybridized carbons (Fsp3) is 0.286. The molecule has 1 aromatic carbocycles. The van der Waals surface area contributed by atoms with Gasteiger partial charge in [-0.3, -0.25) is 14.4 Å². The van der Waals surface area contributed by atoms with Crippen molar-refractivity contribution in [1.82, 2.24) is 15.5 Å². The topological polar surface area (TPSA) is 112 Å². The molecule has 0 radical (unpaired) electrons. The third-order valence-corrected chi connectivity index (χ3v) is 3.20. The molecule has 0 aliphatic carbocycles. The Kier molecular flexibility index (Phi) is 4.32. The van der Waals surface area contributed by atoms with Crippen molar-refractivity contribution in [2.75, 3.05) is 6.54 Å². The summed E-state index contributed by atoms with van der Waals surface area (Å²) in [6.07, 6.45) is 0.322. The van der Waals surface area contributed by atoms with E-state index in [9.17, 15) is 14.4 Å². The van der Waals surface area contributed by atoms with Crippen molar-refractivity contribution in [3.63, 3.8) is 0 Å². The molecule has 0 bridgehead atoms. The number of amides is 1. The third-order valence-electron chi connectivity index (χ3n) is 3.20. The van der Waals surface area contributed by atoms with Crippen LogP contribution in [0.2, 0.25) is 0 Å². The van der Waals surface area contributed by atoms with E-state index in [1.807, 2.05) is 0 Å². The summed E-state index contributed by atoms with van der Waals surface area (Å²) < 4.78 is 0. The molecular formula is C14H15N3O4. The summed E-state index contributed by atoms with van der Waals surface area (Å²) in [5, 5.41) is 18.3. The lowest BCUT2D eigenvalue weighted by Gasteiger charge is -2.08. The molecule has 1 aromatic heterocycles. The van der Waals surface area contributed by atoms with E-state index in [1.165, 1.54) is 0 Å². The Labute approximate surface area is 120 Å². The molecule has 0 saturated heterocycles. The lowest BCUT2D eigenvalue weighted by molar-refractivity contribution is -0.141. The van der Waals surface area contributed by atoms with Crippen LogP contribution in [0.25, 0.3) is 10.8 Å². The average Bonchev–Trinajstić information content (AvgIpc) is 2.47. The Morgan fingerprint density at radius 3 is 2.67 bits per heavy atom. The lowest BCUT2D eigenvalue weighted by Crippen LogP contribution is -2.29. The van der Waals surface area contributed by atoms with Gasteiger partial charge in [-0.15, -0.1) is 0 Å². The van der Waals surface area contributed by atoms with E-state index in [0.717, 1.165) is 0 Å². The van der Waals surface area contributed by atoms with Gasteiger partial charge in [-0.25, -0.2) is 5.10 Å². The van der Waals surface area contributed by atoms with E-state index >= 15 is 0 Å². The molecule has 1 unspecified atom stereocenters. The van der Waals surface area contributed by atoms with Gasteiger partial charge in [0.05, 0.1) is 11.3 Å². The van der Waals surface area contributed by atoms with Crippen LogP contribution in [0.4, 0.5) is 0 Å². The molecule has 3 N–H and O–H groups in total. The van der Waals surface area contributed by atoms with Crippen molar-refractivity contribution in [3.8, 4) is 0 Å². The average molecular weight is 289 g/mol. The maximum atomic E-state index is 12.1. The Morgan fingerprint density at radius 1 is 1.33 bits per heavy atom. The summed E-state index contributed by atoms with van der Waals surface area (Å²) in [7, 11) is 0. The molecule has 1 atom stereocenters. The summed E-state index contributed by atoms with van der Waals surface area (Å²) in [6, 6.07) is 6.67. The van der Waals surface area contributed by atoms with E-state index < -0.39 is 17.8 Å². The normalized spacial score (nSPS) is 12.0. The number of carboxylic acid groups (broad SMARTS) is 1. The summed E-state index contributed by atoms with van der Waals surface area (Å²) >= 11 is 0. The van der Waals surface area contributed by atoms with Gasteiger partial charge < -0.3 is 10.4 Å². The minimum atomic E-state index is -0.906. The van der Waals surface area contributed by atoms with Crippen LogP contribution in [0, 0.1) is 5.92 Å². The molecule has 0 spiro atoms. The smallest absolute Gasteiger partial charge is 0.306 e. The number of carbonyl (C=O) groups is 2. The number of fused-ring (bicyclic) bond motifs is 1. The number of hydrogen-bond donors (Lipinski definition) is 3. The van der Waals surface area contributed by atoms with Crippen LogP contribution < -0.4 is 10.9 Å². The van der Waals surface area contributed by atoms with Crippen molar-refractivity contribution >= 4 is 22.6 Å². The first-order valence-electron chi connectivity index (χ1n) is 6.49. The molecule has 0 aliphatic rings. The molecule has 1 heterocycles. The number of carboxylic acids is 1. The standard InChI is InChI=1S/C14H15N3O4/c1-8(14(20)21)6-7-15-13(19)11-9-4-2-3-5-10(9)12(18)17-16-11/h2-5,8H,6-7H2,1H3,(H,15,19)(H,17,18)(H,20,21). The highest BCUT2D eigenvalue weighted by molar-refractivity contribution is 6.04. The van der Waals surface area contributed by atoms with Crippen LogP contribution in [0.15, 0.2) is 29.1 Å². The molecule has 1 amide bonds. The molecule has 21 heavy (non-hydrogen) atoms. The van der Waals surface area contributed by atoms with Crippen LogP contribution in [0.1, 0.15) is 23.8 Å². The Hall–Kier alpha value is -2.70. The van der Waals surface area contributed by atoms with Gasteiger partial charge in [0.1, 0.15) is 0 Å². The van der Waals surface area contributed by atoms with Gasteiger partial charge in [0.15, 0.2) is 5.69 Å². The molecular weight excluding hydrogens is 274 g/mol. The van der Waals surface area contributed by atoms with Crippen LogP contribution in [0.5, 0.6) is 0 Å². The molecule has 0 aliphatic heterocycles. The zero-order chi connectivity index (χ0) is 15.4. The van der Waals surface area contributed by atoms with Gasteiger partial charge >= 0.3 is 5.97 Å². The summed E-state index contributed by atoms with van der Waals surface area (Å²) in [4.78, 5) is 34.4. The van der Waals surface area contributed by atoms with Crippen LogP contribution >= 0.6 is 0 Å². The number of benzene rings is 1. The van der Waals surface area contributed by atoms with Gasteiger partial charge in [-0.05, 0) is 12.5 Å². The number of H-pyrrole nitrogens is 1. The van der Waals surface area contributed by atoms with Crippen molar-refractivity contribution in [2.24, 2.45) is 5.92 Å². The number of aliphatic carboxylic acids is 1. The number of aromatic nitrogens is 2. The monoisotopic (exact) mass is 289 g/mol. The van der Waals surface area contributed by atoms with Crippen molar-refractivity contribution in [2.45, 2.75) is 13.3 Å². The van der Waals surface area contributed by atoms with E-state index in [2.05, 4.69) is 15.5 Å². The second-order valence-corrected chi connectivity index (χ2v) is 4.73. The quantitative estimate of drug-likeness (QED) is 0.752. The minimum absolute atomic E-state index is 0.119. The maximum Gasteiger partial charge on any atom is 0.306 e. The number of rotatable bonds is 5.